The number of fused-ring (bicyclic) bond motifs is 3. The molecule has 2 fully saturated rings. The van der Waals surface area contributed by atoms with Gasteiger partial charge in [-0.15, -0.1) is 0 Å². The summed E-state index contributed by atoms with van der Waals surface area (Å²) in [6.07, 6.45) is 7.61. The zero-order valence-corrected chi connectivity index (χ0v) is 36.4. The van der Waals surface area contributed by atoms with Gasteiger partial charge in [0.15, 0.2) is 0 Å². The van der Waals surface area contributed by atoms with Gasteiger partial charge in [-0.2, -0.15) is 0 Å². The Morgan fingerprint density at radius 1 is 0.921 bits per heavy atom. The molecule has 0 bridgehead atoms. The SMILES string of the molecule is CCN(c1cc(-c2ccc(OCCOCCCc3cnc4c(c3)c3cccnc3n4C3CCC(=O)NC3=O)cc2)cc(C(=O)NCc2c(C)cc(C)[nH]c2=O)c1C)C1CCOCC1. The molecule has 3 N–H and O–H groups in total. The number of hydrogen-bond donors (Lipinski definition) is 3. The van der Waals surface area contributed by atoms with Crippen molar-refractivity contribution in [3.63, 3.8) is 0 Å². The second-order valence-corrected chi connectivity index (χ2v) is 16.4. The van der Waals surface area contributed by atoms with E-state index in [0.717, 1.165) is 82.2 Å². The van der Waals surface area contributed by atoms with Gasteiger partial charge in [-0.25, -0.2) is 9.97 Å². The molecule has 6 heterocycles. The van der Waals surface area contributed by atoms with E-state index in [9.17, 15) is 19.2 Å². The van der Waals surface area contributed by atoms with Crippen LogP contribution in [-0.4, -0.2) is 82.9 Å². The number of hydrogen-bond acceptors (Lipinski definition) is 10. The minimum Gasteiger partial charge on any atom is -0.491 e. The van der Waals surface area contributed by atoms with Crippen LogP contribution in [0.1, 0.15) is 83.4 Å². The first kappa shape index (κ1) is 43.3. The molecule has 1 atom stereocenters. The van der Waals surface area contributed by atoms with E-state index in [0.29, 0.717) is 73.7 Å². The number of amides is 3. The van der Waals surface area contributed by atoms with Crippen molar-refractivity contribution in [3.8, 4) is 16.9 Å². The Morgan fingerprint density at radius 3 is 2.48 bits per heavy atom. The maximum absolute atomic E-state index is 13.9. The van der Waals surface area contributed by atoms with Crippen LogP contribution < -0.4 is 25.8 Å². The molecule has 0 spiro atoms. The summed E-state index contributed by atoms with van der Waals surface area (Å²) < 4.78 is 19.5. The number of nitrogens with zero attached hydrogens (tertiary/aromatic N) is 4. The summed E-state index contributed by atoms with van der Waals surface area (Å²) in [4.78, 5) is 65.9. The number of benzene rings is 2. The van der Waals surface area contributed by atoms with Crippen LogP contribution in [-0.2, 0) is 32.0 Å². The first-order chi connectivity index (χ1) is 30.6. The quantitative estimate of drug-likeness (QED) is 0.0695. The van der Waals surface area contributed by atoms with Crippen molar-refractivity contribution in [1.29, 1.82) is 0 Å². The van der Waals surface area contributed by atoms with Gasteiger partial charge < -0.3 is 29.4 Å². The number of pyridine rings is 3. The number of nitrogens with one attached hydrogen (secondary N) is 3. The fraction of sp³-hybridized carbons (Fsp3) is 0.388. The van der Waals surface area contributed by atoms with E-state index in [-0.39, 0.29) is 36.2 Å². The summed E-state index contributed by atoms with van der Waals surface area (Å²) >= 11 is 0. The molecule has 0 aliphatic carbocycles. The Labute approximate surface area is 366 Å². The summed E-state index contributed by atoms with van der Waals surface area (Å²) in [6.45, 7) is 11.6. The van der Waals surface area contributed by atoms with Crippen LogP contribution in [0.3, 0.4) is 0 Å². The molecular weight excluding hydrogens is 799 g/mol. The maximum Gasteiger partial charge on any atom is 0.253 e. The van der Waals surface area contributed by atoms with Crippen LogP contribution in [0.5, 0.6) is 5.75 Å². The van der Waals surface area contributed by atoms with Gasteiger partial charge in [0.25, 0.3) is 11.5 Å². The molecule has 2 aliphatic rings. The van der Waals surface area contributed by atoms with Gasteiger partial charge in [0, 0.05) is 91.0 Å². The molecule has 0 saturated carbocycles. The molecule has 14 heteroatoms. The third kappa shape index (κ3) is 9.52. The van der Waals surface area contributed by atoms with Gasteiger partial charge in [0.2, 0.25) is 11.8 Å². The molecule has 14 nitrogen and oxygen atoms in total. The number of imide groups is 1. The summed E-state index contributed by atoms with van der Waals surface area (Å²) in [7, 11) is 0. The highest BCUT2D eigenvalue weighted by Gasteiger charge is 2.31. The zero-order valence-electron chi connectivity index (χ0n) is 36.4. The van der Waals surface area contributed by atoms with Crippen molar-refractivity contribution in [2.24, 2.45) is 0 Å². The number of aryl methyl sites for hydroxylation is 3. The lowest BCUT2D eigenvalue weighted by atomic mass is 9.95. The lowest BCUT2D eigenvalue weighted by molar-refractivity contribution is -0.135. The number of anilines is 1. The Bertz CT molecular complexity index is 2700. The van der Waals surface area contributed by atoms with Crippen LogP contribution in [0.4, 0.5) is 5.69 Å². The molecule has 3 amide bonds. The minimum absolute atomic E-state index is 0.126. The Hall–Kier alpha value is -6.38. The van der Waals surface area contributed by atoms with E-state index >= 15 is 0 Å². The lowest BCUT2D eigenvalue weighted by Crippen LogP contribution is -2.41. The third-order valence-corrected chi connectivity index (χ3v) is 12.2. The highest BCUT2D eigenvalue weighted by Crippen LogP contribution is 2.35. The molecule has 63 heavy (non-hydrogen) atoms. The average Bonchev–Trinajstić information content (AvgIpc) is 3.60. The molecule has 0 radical (unpaired) electrons. The number of aromatic nitrogens is 4. The summed E-state index contributed by atoms with van der Waals surface area (Å²) in [5, 5.41) is 7.33. The highest BCUT2D eigenvalue weighted by atomic mass is 16.5. The second kappa shape index (κ2) is 19.3. The van der Waals surface area contributed by atoms with Crippen molar-refractivity contribution < 1.29 is 28.6 Å². The number of rotatable bonds is 16. The van der Waals surface area contributed by atoms with Crippen molar-refractivity contribution >= 4 is 45.5 Å². The van der Waals surface area contributed by atoms with Gasteiger partial charge >= 0.3 is 0 Å². The molecule has 6 aromatic rings. The topological polar surface area (TPSA) is 170 Å². The second-order valence-electron chi connectivity index (χ2n) is 16.4. The molecular formula is C49H55N7O7. The van der Waals surface area contributed by atoms with E-state index < -0.39 is 6.04 Å². The summed E-state index contributed by atoms with van der Waals surface area (Å²) in [5.74, 6) is -0.104. The van der Waals surface area contributed by atoms with Crippen LogP contribution in [0.2, 0.25) is 0 Å². The van der Waals surface area contributed by atoms with Crippen molar-refractivity contribution in [2.75, 3.05) is 44.5 Å². The fourth-order valence-corrected chi connectivity index (χ4v) is 8.98. The van der Waals surface area contributed by atoms with Gasteiger partial charge in [-0.3, -0.25) is 29.1 Å². The monoisotopic (exact) mass is 853 g/mol. The van der Waals surface area contributed by atoms with Crippen molar-refractivity contribution in [1.82, 2.24) is 30.2 Å². The summed E-state index contributed by atoms with van der Waals surface area (Å²) in [5.41, 5.74) is 8.73. The van der Waals surface area contributed by atoms with E-state index in [1.807, 2.05) is 80.1 Å². The largest absolute Gasteiger partial charge is 0.491 e. The fourth-order valence-electron chi connectivity index (χ4n) is 8.98. The maximum atomic E-state index is 13.9. The zero-order chi connectivity index (χ0) is 44.0. The average molecular weight is 854 g/mol. The van der Waals surface area contributed by atoms with Gasteiger partial charge in [0.1, 0.15) is 29.7 Å². The minimum atomic E-state index is -0.548. The molecule has 328 valence electrons. The van der Waals surface area contributed by atoms with Gasteiger partial charge in [-0.1, -0.05) is 12.1 Å². The standard InChI is InChI=1S/C49H55N7O7/c1-5-55(36-16-20-62-21-17-36)43-27-35(26-39(32(43)4)47(58)52-29-41-30(2)24-31(3)53-48(41)59)34-10-12-37(13-11-34)63-23-22-61-19-7-8-33-25-40-38-9-6-18-50-45(38)56(46(40)51-28-33)42-14-15-44(57)54-49(42)60/h6,9-13,18,24-28,36,42H,5,7-8,14-17,19-23,29H2,1-4H3,(H,52,58)(H,53,59)(H,54,57,60). The number of carbonyl (C=O) groups is 3. The van der Waals surface area contributed by atoms with E-state index in [1.54, 1.807) is 6.20 Å². The van der Waals surface area contributed by atoms with Crippen molar-refractivity contribution in [2.45, 2.75) is 84.8 Å². The normalized spacial score (nSPS) is 15.8. The van der Waals surface area contributed by atoms with Crippen LogP contribution in [0.25, 0.3) is 33.2 Å². The smallest absolute Gasteiger partial charge is 0.253 e. The Kier molecular flexibility index (Phi) is 13.3. The molecule has 2 aromatic carbocycles. The number of ether oxygens (including phenoxy) is 3. The first-order valence-electron chi connectivity index (χ1n) is 21.9. The molecule has 4 aromatic heterocycles. The van der Waals surface area contributed by atoms with Crippen LogP contribution in [0, 0.1) is 20.8 Å². The number of piperidine rings is 1. The predicted octanol–water partition coefficient (Wildman–Crippen LogP) is 6.81. The third-order valence-electron chi connectivity index (χ3n) is 12.2. The van der Waals surface area contributed by atoms with Crippen LogP contribution in [0.15, 0.2) is 77.9 Å². The predicted molar refractivity (Wildman–Crippen MR) is 242 cm³/mol. The number of H-pyrrole nitrogens is 1. The number of carbonyl (C=O) groups excluding carboxylic acids is 3. The van der Waals surface area contributed by atoms with E-state index in [4.69, 9.17) is 19.2 Å². The summed E-state index contributed by atoms with van der Waals surface area (Å²) in [6, 6.07) is 19.6. The van der Waals surface area contributed by atoms with Crippen molar-refractivity contribution in [3.05, 3.63) is 117 Å². The Balaban J connectivity index is 0.885. The molecule has 1 unspecified atom stereocenters. The number of aromatic amines is 1. The van der Waals surface area contributed by atoms with E-state index in [1.165, 1.54) is 0 Å². The molecule has 2 aliphatic heterocycles. The van der Waals surface area contributed by atoms with E-state index in [2.05, 4.69) is 44.6 Å². The van der Waals surface area contributed by atoms with Crippen LogP contribution >= 0.6 is 0 Å². The molecule has 2 saturated heterocycles. The molecule has 8 rings (SSSR count). The lowest BCUT2D eigenvalue weighted by Gasteiger charge is -2.37. The first-order valence-corrected chi connectivity index (χ1v) is 21.9. The van der Waals surface area contributed by atoms with Gasteiger partial charge in [0.05, 0.1) is 6.61 Å². The highest BCUT2D eigenvalue weighted by molar-refractivity contribution is 6.08. The van der Waals surface area contributed by atoms with Gasteiger partial charge in [-0.05, 0) is 136 Å². The Morgan fingerprint density at radius 2 is 1.71 bits per heavy atom.